The molecule has 0 radical (unpaired) electrons. The molecule has 0 saturated heterocycles. The minimum atomic E-state index is -4.67. The van der Waals surface area contributed by atoms with E-state index in [1.807, 2.05) is 0 Å². The molecule has 1 rings (SSSR count). The number of nitrogens with zero attached hydrogens (tertiary/aromatic N) is 2. The van der Waals surface area contributed by atoms with Gasteiger partial charge in [0.05, 0.1) is 0 Å². The summed E-state index contributed by atoms with van der Waals surface area (Å²) in [6, 6.07) is 1.10. The first-order chi connectivity index (χ1) is 6.63. The van der Waals surface area contributed by atoms with Gasteiger partial charge in [-0.3, -0.25) is 13.9 Å². The van der Waals surface area contributed by atoms with Gasteiger partial charge in [-0.2, -0.15) is 13.1 Å². The van der Waals surface area contributed by atoms with Crippen molar-refractivity contribution < 1.29 is 17.5 Å². The van der Waals surface area contributed by atoms with E-state index >= 15 is 0 Å². The average molecular weight is 240 g/mol. The Morgan fingerprint density at radius 3 is 1.93 bits per heavy atom. The highest BCUT2D eigenvalue weighted by molar-refractivity contribution is 7.79. The molecule has 10 nitrogen and oxygen atoms in total. The van der Waals surface area contributed by atoms with Crippen LogP contribution in [0, 0.1) is 0 Å². The molecule has 6 N–H and O–H groups in total. The Morgan fingerprint density at radius 2 is 1.60 bits per heavy atom. The fraction of sp³-hybridized carbons (Fsp3) is 0. The topological polar surface area (TPSA) is 171 Å². The SMILES string of the molecule is Nn1ccc(=O)n(N)c1=O.O=S(=O)(O)O. The van der Waals surface area contributed by atoms with Crippen molar-refractivity contribution in [3.05, 3.63) is 33.1 Å². The maximum absolute atomic E-state index is 10.7. The third-order valence-corrected chi connectivity index (χ3v) is 1.04. The van der Waals surface area contributed by atoms with Crippen molar-refractivity contribution in [1.82, 2.24) is 9.35 Å². The van der Waals surface area contributed by atoms with Gasteiger partial charge in [-0.05, 0) is 0 Å². The summed E-state index contributed by atoms with van der Waals surface area (Å²) in [5, 5.41) is 0. The second-order valence-electron chi connectivity index (χ2n) is 2.16. The molecule has 0 saturated carbocycles. The number of nitrogen functional groups attached to an aromatic ring is 2. The lowest BCUT2D eigenvalue weighted by Gasteiger charge is -1.97. The van der Waals surface area contributed by atoms with Crippen LogP contribution in [0.15, 0.2) is 21.9 Å². The Morgan fingerprint density at radius 1 is 1.20 bits per heavy atom. The van der Waals surface area contributed by atoms with E-state index in [-0.39, 0.29) is 0 Å². The van der Waals surface area contributed by atoms with E-state index in [0.29, 0.717) is 4.68 Å². The van der Waals surface area contributed by atoms with Crippen LogP contribution in [0.5, 0.6) is 0 Å². The Kier molecular flexibility index (Phi) is 4.02. The lowest BCUT2D eigenvalue weighted by atomic mass is 10.7. The number of hydrogen-bond donors (Lipinski definition) is 4. The van der Waals surface area contributed by atoms with Gasteiger partial charge < -0.3 is 11.7 Å². The maximum Gasteiger partial charge on any atom is 0.394 e. The first-order valence-corrected chi connectivity index (χ1v) is 4.57. The summed E-state index contributed by atoms with van der Waals surface area (Å²) in [4.78, 5) is 21.2. The smallest absolute Gasteiger partial charge is 0.335 e. The van der Waals surface area contributed by atoms with Gasteiger partial charge >= 0.3 is 16.1 Å². The standard InChI is InChI=1S/C4H6N4O2.H2O4S/c5-7-2-1-3(9)8(6)4(7)10;1-5(2,3)4/h1-2H,5-6H2;(H2,1,2,3,4). The van der Waals surface area contributed by atoms with Gasteiger partial charge in [-0.15, -0.1) is 0 Å². The molecular weight excluding hydrogens is 232 g/mol. The Bertz CT molecular complexity index is 533. The van der Waals surface area contributed by atoms with E-state index in [2.05, 4.69) is 0 Å². The van der Waals surface area contributed by atoms with Crippen LogP contribution in [0.3, 0.4) is 0 Å². The average Bonchev–Trinajstić information content (AvgIpc) is 2.05. The third-order valence-electron chi connectivity index (χ3n) is 1.04. The van der Waals surface area contributed by atoms with Crippen molar-refractivity contribution in [3.8, 4) is 0 Å². The van der Waals surface area contributed by atoms with Crippen molar-refractivity contribution >= 4 is 10.4 Å². The zero-order valence-corrected chi connectivity index (χ0v) is 7.96. The molecule has 1 heterocycles. The fourth-order valence-electron chi connectivity index (χ4n) is 0.507. The predicted molar refractivity (Wildman–Crippen MR) is 49.4 cm³/mol. The summed E-state index contributed by atoms with van der Waals surface area (Å²) in [6.45, 7) is 0. The third kappa shape index (κ3) is 5.45. The maximum atomic E-state index is 10.7. The van der Waals surface area contributed by atoms with Gasteiger partial charge in [0.2, 0.25) is 0 Å². The van der Waals surface area contributed by atoms with Gasteiger partial charge in [0.25, 0.3) is 5.56 Å². The van der Waals surface area contributed by atoms with E-state index in [4.69, 9.17) is 29.2 Å². The van der Waals surface area contributed by atoms with Crippen molar-refractivity contribution in [3.63, 3.8) is 0 Å². The zero-order valence-electron chi connectivity index (χ0n) is 7.14. The molecule has 0 aliphatic carbocycles. The van der Waals surface area contributed by atoms with Crippen LogP contribution >= 0.6 is 0 Å². The summed E-state index contributed by atoms with van der Waals surface area (Å²) < 4.78 is 32.7. The van der Waals surface area contributed by atoms with Crippen LogP contribution in [0.4, 0.5) is 0 Å². The van der Waals surface area contributed by atoms with Crippen molar-refractivity contribution in [2.24, 2.45) is 0 Å². The summed E-state index contributed by atoms with van der Waals surface area (Å²) in [5.74, 6) is 10.0. The van der Waals surface area contributed by atoms with Gasteiger partial charge in [-0.1, -0.05) is 0 Å². The molecule has 15 heavy (non-hydrogen) atoms. The van der Waals surface area contributed by atoms with Gasteiger partial charge in [0, 0.05) is 12.3 Å². The minimum Gasteiger partial charge on any atom is -0.335 e. The molecule has 0 spiro atoms. The van der Waals surface area contributed by atoms with Crippen LogP contribution in [0.25, 0.3) is 0 Å². The molecule has 0 atom stereocenters. The molecule has 1 aromatic heterocycles. The lowest BCUT2D eigenvalue weighted by molar-refractivity contribution is 0.381. The van der Waals surface area contributed by atoms with Crippen LogP contribution in [0.2, 0.25) is 0 Å². The Labute approximate surface area is 82.9 Å². The zero-order chi connectivity index (χ0) is 12.2. The van der Waals surface area contributed by atoms with Crippen LogP contribution < -0.4 is 22.9 Å². The van der Waals surface area contributed by atoms with E-state index in [1.165, 1.54) is 0 Å². The molecule has 11 heteroatoms. The second kappa shape index (κ2) is 4.59. The molecule has 0 fully saturated rings. The highest BCUT2D eigenvalue weighted by Gasteiger charge is 1.95. The normalized spacial score (nSPS) is 10.3. The van der Waals surface area contributed by atoms with E-state index in [1.54, 1.807) is 0 Å². The highest BCUT2D eigenvalue weighted by atomic mass is 32.3. The largest absolute Gasteiger partial charge is 0.394 e. The Hall–Kier alpha value is -1.85. The van der Waals surface area contributed by atoms with Crippen molar-refractivity contribution in [1.29, 1.82) is 0 Å². The summed E-state index contributed by atoms with van der Waals surface area (Å²) in [6.07, 6.45) is 1.15. The summed E-state index contributed by atoms with van der Waals surface area (Å²) >= 11 is 0. The monoisotopic (exact) mass is 240 g/mol. The van der Waals surface area contributed by atoms with Gasteiger partial charge in [0.1, 0.15) is 0 Å². The molecule has 86 valence electrons. The van der Waals surface area contributed by atoms with E-state index in [9.17, 15) is 9.59 Å². The number of nitrogens with two attached hydrogens (primary N) is 2. The molecule has 0 aromatic carbocycles. The highest BCUT2D eigenvalue weighted by Crippen LogP contribution is 1.60. The summed E-state index contributed by atoms with van der Waals surface area (Å²) in [5.41, 5.74) is -1.32. The molecule has 0 unspecified atom stereocenters. The first-order valence-electron chi connectivity index (χ1n) is 3.17. The van der Waals surface area contributed by atoms with Crippen LogP contribution in [-0.2, 0) is 10.4 Å². The van der Waals surface area contributed by atoms with Crippen molar-refractivity contribution in [2.45, 2.75) is 0 Å². The van der Waals surface area contributed by atoms with Crippen molar-refractivity contribution in [2.75, 3.05) is 11.7 Å². The molecule has 0 amide bonds. The number of rotatable bonds is 0. The molecule has 0 aliphatic heterocycles. The lowest BCUT2D eigenvalue weighted by Crippen LogP contribution is -2.45. The minimum absolute atomic E-state index is 0.431. The molecule has 1 aromatic rings. The number of aromatic nitrogens is 2. The van der Waals surface area contributed by atoms with Crippen LogP contribution in [-0.4, -0.2) is 26.9 Å². The fourth-order valence-corrected chi connectivity index (χ4v) is 0.507. The molecular formula is C4H8N4O6S. The number of hydrogen-bond acceptors (Lipinski definition) is 6. The molecule has 0 aliphatic rings. The quantitative estimate of drug-likeness (QED) is 0.271. The second-order valence-corrected chi connectivity index (χ2v) is 3.06. The van der Waals surface area contributed by atoms with Crippen LogP contribution in [0.1, 0.15) is 0 Å². The Balaban J connectivity index is 0.000000336. The molecule has 0 bridgehead atoms. The summed E-state index contributed by atoms with van der Waals surface area (Å²) in [7, 11) is -4.67. The first kappa shape index (κ1) is 13.2. The van der Waals surface area contributed by atoms with E-state index < -0.39 is 21.6 Å². The van der Waals surface area contributed by atoms with Gasteiger partial charge in [-0.25, -0.2) is 9.47 Å². The van der Waals surface area contributed by atoms with E-state index in [0.717, 1.165) is 16.9 Å². The predicted octanol–water partition coefficient (Wildman–Crippen LogP) is -3.22. The van der Waals surface area contributed by atoms with Gasteiger partial charge in [0.15, 0.2) is 0 Å².